The molecule has 0 fully saturated rings. The molecule has 19 heavy (non-hydrogen) atoms. The van der Waals surface area contributed by atoms with Crippen LogP contribution in [0.25, 0.3) is 0 Å². The van der Waals surface area contributed by atoms with E-state index in [9.17, 15) is 0 Å². The molecular weight excluding hydrogens is 278 g/mol. The van der Waals surface area contributed by atoms with E-state index in [0.717, 1.165) is 21.3 Å². The van der Waals surface area contributed by atoms with E-state index in [1.54, 1.807) is 18.4 Å². The molecule has 102 valence electrons. The lowest BCUT2D eigenvalue weighted by atomic mass is 10.2. The van der Waals surface area contributed by atoms with Crippen LogP contribution in [0.4, 0.5) is 0 Å². The zero-order valence-corrected chi connectivity index (χ0v) is 12.8. The van der Waals surface area contributed by atoms with Crippen molar-refractivity contribution in [1.82, 2.24) is 4.98 Å². The van der Waals surface area contributed by atoms with Gasteiger partial charge in [-0.1, -0.05) is 17.7 Å². The molecule has 0 saturated heterocycles. The highest BCUT2D eigenvalue weighted by molar-refractivity contribution is 7.79. The van der Waals surface area contributed by atoms with E-state index in [-0.39, 0.29) is 0 Å². The normalized spacial score (nSPS) is 10.7. The van der Waals surface area contributed by atoms with Crippen LogP contribution < -0.4 is 4.74 Å². The number of nitrogens with zero attached hydrogens (tertiary/aromatic N) is 1. The fourth-order valence-corrected chi connectivity index (χ4v) is 2.87. The number of hydrogen-bond donors (Lipinski definition) is 1. The first-order chi connectivity index (χ1) is 9.22. The fourth-order valence-electron chi connectivity index (χ4n) is 1.65. The molecule has 0 unspecified atom stereocenters. The highest BCUT2D eigenvalue weighted by Crippen LogP contribution is 2.23. The van der Waals surface area contributed by atoms with Crippen LogP contribution in [0.5, 0.6) is 5.75 Å². The molecular formula is C14H17NO2S2. The minimum absolute atomic E-state index is 0.484. The molecule has 1 aromatic heterocycles. The van der Waals surface area contributed by atoms with E-state index in [0.29, 0.717) is 19.0 Å². The molecule has 2 rings (SSSR count). The molecule has 0 N–H and O–H groups in total. The zero-order chi connectivity index (χ0) is 13.7. The van der Waals surface area contributed by atoms with Crippen LogP contribution in [0.3, 0.4) is 0 Å². The van der Waals surface area contributed by atoms with Gasteiger partial charge < -0.3 is 9.47 Å². The Morgan fingerprint density at radius 1 is 1.21 bits per heavy atom. The van der Waals surface area contributed by atoms with Crippen LogP contribution in [-0.4, -0.2) is 12.1 Å². The predicted octanol–water partition coefficient (Wildman–Crippen LogP) is 3.61. The average molecular weight is 295 g/mol. The third kappa shape index (κ3) is 3.96. The Morgan fingerprint density at radius 3 is 2.58 bits per heavy atom. The Morgan fingerprint density at radius 2 is 1.95 bits per heavy atom. The third-order valence-corrected chi connectivity index (χ3v) is 4.23. The summed E-state index contributed by atoms with van der Waals surface area (Å²) in [6.45, 7) is 3.07. The molecule has 0 radical (unpaired) electrons. The average Bonchev–Trinajstić information content (AvgIpc) is 2.81. The quantitative estimate of drug-likeness (QED) is 0.826. The van der Waals surface area contributed by atoms with Crippen LogP contribution >= 0.6 is 24.0 Å². The molecule has 0 amide bonds. The highest BCUT2D eigenvalue weighted by atomic mass is 32.1. The van der Waals surface area contributed by atoms with Gasteiger partial charge in [0.1, 0.15) is 17.4 Å². The van der Waals surface area contributed by atoms with E-state index < -0.39 is 0 Å². The summed E-state index contributed by atoms with van der Waals surface area (Å²) in [7, 11) is 1.67. The standard InChI is InChI=1S/C14H17NO2S2/c1-10-3-5-11(6-4-10)17-8-14-15-12(7-16-2)13(9-18)19-14/h3-6,18H,7-9H2,1-2H3. The van der Waals surface area contributed by atoms with E-state index in [4.69, 9.17) is 9.47 Å². The maximum Gasteiger partial charge on any atom is 0.140 e. The molecule has 1 heterocycles. The summed E-state index contributed by atoms with van der Waals surface area (Å²) in [5.74, 6) is 1.54. The molecule has 0 saturated carbocycles. The van der Waals surface area contributed by atoms with Gasteiger partial charge in [-0.25, -0.2) is 4.98 Å². The monoisotopic (exact) mass is 295 g/mol. The Kier molecular flexibility index (Phi) is 5.24. The van der Waals surface area contributed by atoms with Crippen molar-refractivity contribution in [3.05, 3.63) is 45.4 Å². The molecule has 0 bridgehead atoms. The summed E-state index contributed by atoms with van der Waals surface area (Å²) in [6, 6.07) is 8.01. The molecule has 2 aromatic rings. The van der Waals surface area contributed by atoms with Crippen LogP contribution in [0.15, 0.2) is 24.3 Å². The number of thiol groups is 1. The van der Waals surface area contributed by atoms with E-state index in [2.05, 4.69) is 24.5 Å². The number of hydrogen-bond acceptors (Lipinski definition) is 5. The lowest BCUT2D eigenvalue weighted by Crippen LogP contribution is -1.96. The zero-order valence-electron chi connectivity index (χ0n) is 11.0. The molecule has 0 atom stereocenters. The number of thiazole rings is 1. The van der Waals surface area contributed by atoms with Crippen molar-refractivity contribution in [3.63, 3.8) is 0 Å². The number of methoxy groups -OCH3 is 1. The molecule has 1 aromatic carbocycles. The number of rotatable bonds is 6. The van der Waals surface area contributed by atoms with Gasteiger partial charge in [-0.05, 0) is 19.1 Å². The van der Waals surface area contributed by atoms with E-state index in [1.165, 1.54) is 5.56 Å². The second-order valence-electron chi connectivity index (χ2n) is 4.17. The van der Waals surface area contributed by atoms with Gasteiger partial charge in [-0.3, -0.25) is 0 Å². The van der Waals surface area contributed by atoms with Crippen molar-refractivity contribution >= 4 is 24.0 Å². The van der Waals surface area contributed by atoms with Gasteiger partial charge in [0.15, 0.2) is 0 Å². The van der Waals surface area contributed by atoms with Crippen molar-refractivity contribution in [2.24, 2.45) is 0 Å². The third-order valence-electron chi connectivity index (χ3n) is 2.63. The van der Waals surface area contributed by atoms with Crippen molar-refractivity contribution < 1.29 is 9.47 Å². The van der Waals surface area contributed by atoms with Gasteiger partial charge in [-0.15, -0.1) is 11.3 Å². The summed E-state index contributed by atoms with van der Waals surface area (Å²) in [5, 5.41) is 0.955. The number of benzene rings is 1. The van der Waals surface area contributed by atoms with Crippen molar-refractivity contribution in [3.8, 4) is 5.75 Å². The molecule has 0 aliphatic carbocycles. The minimum Gasteiger partial charge on any atom is -0.486 e. The Balaban J connectivity index is 2.01. The van der Waals surface area contributed by atoms with Gasteiger partial charge in [0, 0.05) is 17.7 Å². The second kappa shape index (κ2) is 6.93. The lowest BCUT2D eigenvalue weighted by Gasteiger charge is -2.03. The van der Waals surface area contributed by atoms with Crippen molar-refractivity contribution in [2.75, 3.05) is 7.11 Å². The largest absolute Gasteiger partial charge is 0.486 e. The summed E-state index contributed by atoms with van der Waals surface area (Å²) in [6.07, 6.45) is 0. The Hall–Kier alpha value is -1.04. The van der Waals surface area contributed by atoms with Crippen LogP contribution in [-0.2, 0) is 23.7 Å². The first kappa shape index (κ1) is 14.4. The highest BCUT2D eigenvalue weighted by Gasteiger charge is 2.10. The first-order valence-electron chi connectivity index (χ1n) is 5.99. The molecule has 0 aliphatic rings. The van der Waals surface area contributed by atoms with Crippen LogP contribution in [0.2, 0.25) is 0 Å². The summed E-state index contributed by atoms with van der Waals surface area (Å²) >= 11 is 5.94. The summed E-state index contributed by atoms with van der Waals surface area (Å²) in [5.41, 5.74) is 2.19. The van der Waals surface area contributed by atoms with Gasteiger partial charge in [-0.2, -0.15) is 12.6 Å². The molecule has 0 spiro atoms. The van der Waals surface area contributed by atoms with Crippen LogP contribution in [0.1, 0.15) is 21.1 Å². The SMILES string of the molecule is COCc1nc(COc2ccc(C)cc2)sc1CS. The number of ether oxygens (including phenoxy) is 2. The topological polar surface area (TPSA) is 31.4 Å². The van der Waals surface area contributed by atoms with E-state index >= 15 is 0 Å². The number of aryl methyl sites for hydroxylation is 1. The summed E-state index contributed by atoms with van der Waals surface area (Å²) < 4.78 is 10.8. The second-order valence-corrected chi connectivity index (χ2v) is 5.65. The predicted molar refractivity (Wildman–Crippen MR) is 81.0 cm³/mol. The van der Waals surface area contributed by atoms with Crippen molar-refractivity contribution in [1.29, 1.82) is 0 Å². The molecule has 5 heteroatoms. The van der Waals surface area contributed by atoms with Gasteiger partial charge >= 0.3 is 0 Å². The van der Waals surface area contributed by atoms with Gasteiger partial charge in [0.2, 0.25) is 0 Å². The first-order valence-corrected chi connectivity index (χ1v) is 7.44. The van der Waals surface area contributed by atoms with E-state index in [1.807, 2.05) is 24.3 Å². The van der Waals surface area contributed by atoms with Crippen molar-refractivity contribution in [2.45, 2.75) is 25.9 Å². The molecule has 0 aliphatic heterocycles. The Labute approximate surface area is 123 Å². The maximum absolute atomic E-state index is 5.72. The summed E-state index contributed by atoms with van der Waals surface area (Å²) in [4.78, 5) is 5.67. The van der Waals surface area contributed by atoms with Gasteiger partial charge in [0.05, 0.1) is 12.3 Å². The van der Waals surface area contributed by atoms with Crippen LogP contribution in [0, 0.1) is 6.92 Å². The molecule has 3 nitrogen and oxygen atoms in total. The maximum atomic E-state index is 5.72. The Bertz CT molecular complexity index is 523. The lowest BCUT2D eigenvalue weighted by molar-refractivity contribution is 0.181. The minimum atomic E-state index is 0.484. The fraction of sp³-hybridized carbons (Fsp3) is 0.357. The number of aromatic nitrogens is 1. The van der Waals surface area contributed by atoms with Gasteiger partial charge in [0.25, 0.3) is 0 Å². The smallest absolute Gasteiger partial charge is 0.140 e.